The molecule has 2 aromatic rings. The van der Waals surface area contributed by atoms with E-state index in [1.165, 1.54) is 33.5 Å². The second-order valence-electron chi connectivity index (χ2n) is 7.53. The zero-order chi connectivity index (χ0) is 20.7. The summed E-state index contributed by atoms with van der Waals surface area (Å²) in [6, 6.07) is 12.3. The molecule has 2 atom stereocenters. The topological polar surface area (TPSA) is 24.9 Å². The molecule has 1 N–H and O–H groups in total. The molecular formula is C26H38N2. The Morgan fingerprint density at radius 1 is 0.893 bits per heavy atom. The molecule has 2 heterocycles. The van der Waals surface area contributed by atoms with Crippen molar-refractivity contribution in [3.05, 3.63) is 70.0 Å². The van der Waals surface area contributed by atoms with E-state index in [1.54, 1.807) is 5.57 Å². The van der Waals surface area contributed by atoms with Crippen molar-refractivity contribution in [3.8, 4) is 0 Å². The third-order valence-electron chi connectivity index (χ3n) is 5.35. The number of pyridine rings is 1. The average molecular weight is 379 g/mol. The molecular weight excluding hydrogens is 340 g/mol. The van der Waals surface area contributed by atoms with E-state index in [9.17, 15) is 0 Å². The van der Waals surface area contributed by atoms with Crippen molar-refractivity contribution in [2.24, 2.45) is 0 Å². The molecule has 2 aliphatic rings. The Balaban J connectivity index is 0.000000660. The van der Waals surface area contributed by atoms with Gasteiger partial charge in [0.05, 0.1) is 5.69 Å². The first-order valence-corrected chi connectivity index (χ1v) is 11.1. The Morgan fingerprint density at radius 2 is 1.54 bits per heavy atom. The van der Waals surface area contributed by atoms with Crippen molar-refractivity contribution in [1.29, 1.82) is 0 Å². The highest BCUT2D eigenvalue weighted by Gasteiger charge is 2.26. The second-order valence-corrected chi connectivity index (χ2v) is 7.53. The summed E-state index contributed by atoms with van der Waals surface area (Å²) >= 11 is 0. The van der Waals surface area contributed by atoms with E-state index in [1.807, 2.05) is 33.9 Å². The van der Waals surface area contributed by atoms with Crippen LogP contribution in [-0.4, -0.2) is 17.1 Å². The van der Waals surface area contributed by atoms with Crippen molar-refractivity contribution >= 4 is 5.57 Å². The number of piperidine rings is 1. The summed E-state index contributed by atoms with van der Waals surface area (Å²) in [5, 5.41) is 3.67. The van der Waals surface area contributed by atoms with Gasteiger partial charge in [0, 0.05) is 23.9 Å². The lowest BCUT2D eigenvalue weighted by Crippen LogP contribution is -2.39. The van der Waals surface area contributed by atoms with Crippen molar-refractivity contribution in [2.45, 2.75) is 86.2 Å². The molecule has 152 valence electrons. The van der Waals surface area contributed by atoms with E-state index < -0.39 is 0 Å². The van der Waals surface area contributed by atoms with E-state index in [2.05, 4.69) is 56.4 Å². The third-order valence-corrected chi connectivity index (χ3v) is 5.35. The van der Waals surface area contributed by atoms with Crippen molar-refractivity contribution in [2.75, 3.05) is 0 Å². The lowest BCUT2D eigenvalue weighted by atomic mass is 9.85. The molecule has 1 fully saturated rings. The van der Waals surface area contributed by atoms with Crippen molar-refractivity contribution in [1.82, 2.24) is 10.3 Å². The molecule has 4 rings (SSSR count). The predicted molar refractivity (Wildman–Crippen MR) is 123 cm³/mol. The van der Waals surface area contributed by atoms with Gasteiger partial charge in [-0.15, -0.1) is 0 Å². The van der Waals surface area contributed by atoms with Crippen LogP contribution in [0.25, 0.3) is 5.57 Å². The summed E-state index contributed by atoms with van der Waals surface area (Å²) < 4.78 is 0. The van der Waals surface area contributed by atoms with Crippen LogP contribution < -0.4 is 5.32 Å². The summed E-state index contributed by atoms with van der Waals surface area (Å²) in [5.41, 5.74) is 9.84. The van der Waals surface area contributed by atoms with Crippen LogP contribution in [0.5, 0.6) is 0 Å². The summed E-state index contributed by atoms with van der Waals surface area (Å²) in [5.74, 6) is 0. The van der Waals surface area contributed by atoms with Gasteiger partial charge in [-0.2, -0.15) is 0 Å². The fourth-order valence-electron chi connectivity index (χ4n) is 4.42. The monoisotopic (exact) mass is 378 g/mol. The zero-order valence-corrected chi connectivity index (χ0v) is 18.9. The average Bonchev–Trinajstić information content (AvgIpc) is 2.87. The first-order valence-electron chi connectivity index (χ1n) is 11.1. The zero-order valence-electron chi connectivity index (χ0n) is 18.9. The number of hydrogen-bond donors (Lipinski definition) is 1. The van der Waals surface area contributed by atoms with E-state index in [0.717, 1.165) is 25.7 Å². The van der Waals surface area contributed by atoms with Crippen LogP contribution in [0.2, 0.25) is 0 Å². The molecule has 1 aromatic heterocycles. The van der Waals surface area contributed by atoms with Gasteiger partial charge in [0.2, 0.25) is 0 Å². The van der Waals surface area contributed by atoms with Crippen molar-refractivity contribution in [3.63, 3.8) is 0 Å². The number of nitrogens with zero attached hydrogens (tertiary/aromatic N) is 1. The fourth-order valence-corrected chi connectivity index (χ4v) is 4.42. The van der Waals surface area contributed by atoms with Crippen LogP contribution in [-0.2, 0) is 12.8 Å². The largest absolute Gasteiger partial charge is 0.311 e. The quantitative estimate of drug-likeness (QED) is 0.565. The number of benzene rings is 1. The summed E-state index contributed by atoms with van der Waals surface area (Å²) in [6.45, 7) is 14.8. The molecule has 28 heavy (non-hydrogen) atoms. The van der Waals surface area contributed by atoms with Gasteiger partial charge in [0.15, 0.2) is 0 Å². The van der Waals surface area contributed by atoms with Crippen LogP contribution >= 0.6 is 0 Å². The normalized spacial score (nSPS) is 20.5. The maximum Gasteiger partial charge on any atom is 0.0739 e. The van der Waals surface area contributed by atoms with Crippen LogP contribution in [0.15, 0.2) is 42.1 Å². The van der Waals surface area contributed by atoms with Crippen LogP contribution in [0, 0.1) is 6.92 Å². The molecule has 0 radical (unpaired) electrons. The molecule has 2 nitrogen and oxygen atoms in total. The molecule has 0 bridgehead atoms. The first-order chi connectivity index (χ1) is 13.6. The minimum Gasteiger partial charge on any atom is -0.311 e. The molecule has 1 aliphatic carbocycles. The number of aryl methyl sites for hydroxylation is 3. The summed E-state index contributed by atoms with van der Waals surface area (Å²) in [6.07, 6.45) is 6.37. The maximum atomic E-state index is 4.83. The van der Waals surface area contributed by atoms with Gasteiger partial charge >= 0.3 is 0 Å². The maximum absolute atomic E-state index is 4.83. The SMILES string of the molecule is CC.CC.Cc1ccc2c(c1)CCc1cccnc1C2=C1CC(C)NC(C)C1. The van der Waals surface area contributed by atoms with Gasteiger partial charge in [0.25, 0.3) is 0 Å². The van der Waals surface area contributed by atoms with Gasteiger partial charge in [-0.05, 0) is 69.2 Å². The highest BCUT2D eigenvalue weighted by atomic mass is 14.9. The van der Waals surface area contributed by atoms with Crippen LogP contribution in [0.3, 0.4) is 0 Å². The van der Waals surface area contributed by atoms with E-state index in [-0.39, 0.29) is 0 Å². The van der Waals surface area contributed by atoms with Gasteiger partial charge in [-0.25, -0.2) is 0 Å². The minimum atomic E-state index is 0.528. The third kappa shape index (κ3) is 4.91. The van der Waals surface area contributed by atoms with Gasteiger partial charge in [-0.3, -0.25) is 4.98 Å². The molecule has 1 saturated heterocycles. The minimum absolute atomic E-state index is 0.528. The first kappa shape index (κ1) is 22.4. The number of hydrogen-bond acceptors (Lipinski definition) is 2. The van der Waals surface area contributed by atoms with Crippen LogP contribution in [0.4, 0.5) is 0 Å². The van der Waals surface area contributed by atoms with Gasteiger partial charge in [0.1, 0.15) is 0 Å². The van der Waals surface area contributed by atoms with Crippen LogP contribution in [0.1, 0.15) is 82.3 Å². The van der Waals surface area contributed by atoms with E-state index in [4.69, 9.17) is 4.98 Å². The lowest BCUT2D eigenvalue weighted by Gasteiger charge is -2.31. The molecule has 2 heteroatoms. The lowest BCUT2D eigenvalue weighted by molar-refractivity contribution is 0.412. The number of nitrogens with one attached hydrogen (secondary N) is 1. The molecule has 2 unspecified atom stereocenters. The number of aromatic nitrogens is 1. The molecule has 0 amide bonds. The Bertz CT molecular complexity index is 792. The smallest absolute Gasteiger partial charge is 0.0739 e. The summed E-state index contributed by atoms with van der Waals surface area (Å²) in [4.78, 5) is 4.83. The predicted octanol–water partition coefficient (Wildman–Crippen LogP) is 6.50. The Hall–Kier alpha value is -1.93. The number of rotatable bonds is 0. The van der Waals surface area contributed by atoms with Gasteiger partial charge < -0.3 is 5.32 Å². The molecule has 0 spiro atoms. The van der Waals surface area contributed by atoms with E-state index in [0.29, 0.717) is 12.1 Å². The molecule has 0 saturated carbocycles. The molecule has 1 aromatic carbocycles. The Morgan fingerprint density at radius 3 is 2.21 bits per heavy atom. The number of fused-ring (bicyclic) bond motifs is 2. The fraction of sp³-hybridized carbons (Fsp3) is 0.500. The highest BCUT2D eigenvalue weighted by molar-refractivity contribution is 5.84. The Labute approximate surface area is 172 Å². The highest BCUT2D eigenvalue weighted by Crippen LogP contribution is 2.38. The summed E-state index contributed by atoms with van der Waals surface area (Å²) in [7, 11) is 0. The Kier molecular flexibility index (Phi) is 8.44. The standard InChI is InChI=1S/C22H26N2.2C2H6/c1-14-6-9-20-18(11-14)8-7-17-5-4-10-23-22(17)21(20)19-12-15(2)24-16(3)13-19;2*1-2/h4-6,9-11,15-16,24H,7-8,12-13H2,1-3H3;2*1-2H3. The van der Waals surface area contributed by atoms with Crippen molar-refractivity contribution < 1.29 is 0 Å². The van der Waals surface area contributed by atoms with Gasteiger partial charge in [-0.1, -0.05) is 63.1 Å². The molecule has 1 aliphatic heterocycles. The van der Waals surface area contributed by atoms with E-state index >= 15 is 0 Å². The second kappa shape index (κ2) is 10.6.